The highest BCUT2D eigenvalue weighted by Crippen LogP contribution is 2.20. The van der Waals surface area contributed by atoms with Crippen molar-refractivity contribution in [3.05, 3.63) is 49.9 Å². The van der Waals surface area contributed by atoms with Gasteiger partial charge in [0, 0.05) is 20.2 Å². The van der Waals surface area contributed by atoms with Crippen molar-refractivity contribution in [3.8, 4) is 0 Å². The van der Waals surface area contributed by atoms with Gasteiger partial charge in [0.25, 0.3) is 11.5 Å². The molecule has 0 aliphatic carbocycles. The topological polar surface area (TPSA) is 150 Å². The van der Waals surface area contributed by atoms with Crippen LogP contribution >= 0.6 is 0 Å². The summed E-state index contributed by atoms with van der Waals surface area (Å²) in [6.45, 7) is 5.69. The monoisotopic (exact) mass is 433 g/mol. The Morgan fingerprint density at radius 3 is 2.55 bits per heavy atom. The third kappa shape index (κ3) is 5.18. The van der Waals surface area contributed by atoms with E-state index in [1.165, 1.54) is 23.8 Å². The summed E-state index contributed by atoms with van der Waals surface area (Å²) in [4.78, 5) is 57.5. The van der Waals surface area contributed by atoms with Gasteiger partial charge in [-0.15, -0.1) is 0 Å². The second-order valence-corrected chi connectivity index (χ2v) is 6.64. The number of rotatable bonds is 9. The van der Waals surface area contributed by atoms with Crippen LogP contribution in [0.25, 0.3) is 0 Å². The second kappa shape index (κ2) is 10.5. The zero-order valence-electron chi connectivity index (χ0n) is 18.1. The molecule has 0 spiro atoms. The molecule has 1 amide bonds. The molecule has 0 fully saturated rings. The van der Waals surface area contributed by atoms with E-state index in [1.54, 1.807) is 13.8 Å². The fourth-order valence-electron chi connectivity index (χ4n) is 3.02. The lowest BCUT2D eigenvalue weighted by Gasteiger charge is -2.24. The number of anilines is 2. The number of carbonyl (C=O) groups excluding carboxylic acids is 2. The first-order valence-electron chi connectivity index (χ1n) is 9.84. The number of hydrogen-bond donors (Lipinski definition) is 2. The number of methoxy groups -OCH3 is 1. The van der Waals surface area contributed by atoms with Crippen LogP contribution in [0.3, 0.4) is 0 Å². The van der Waals surface area contributed by atoms with Gasteiger partial charge in [0.05, 0.1) is 24.5 Å². The number of nitrogens with two attached hydrogens (primary N) is 1. The van der Waals surface area contributed by atoms with Crippen LogP contribution in [-0.2, 0) is 16.0 Å². The quantitative estimate of drug-likeness (QED) is 0.549. The number of ether oxygens (including phenoxy) is 2. The van der Waals surface area contributed by atoms with E-state index in [1.807, 2.05) is 6.92 Å². The number of H-pyrrole nitrogens is 1. The number of amides is 1. The second-order valence-electron chi connectivity index (χ2n) is 6.64. The van der Waals surface area contributed by atoms with Gasteiger partial charge in [0.15, 0.2) is 5.69 Å². The molecular formula is C20H27N5O6. The average Bonchev–Trinajstić information content (AvgIpc) is 2.72. The van der Waals surface area contributed by atoms with Crippen molar-refractivity contribution in [1.29, 1.82) is 0 Å². The molecule has 11 nitrogen and oxygen atoms in total. The molecule has 2 aromatic heterocycles. The fourth-order valence-corrected chi connectivity index (χ4v) is 3.02. The molecule has 0 saturated carbocycles. The van der Waals surface area contributed by atoms with Crippen LogP contribution in [0.15, 0.2) is 21.7 Å². The summed E-state index contributed by atoms with van der Waals surface area (Å²) in [6, 6.07) is 2.81. The van der Waals surface area contributed by atoms with Crippen molar-refractivity contribution in [3.63, 3.8) is 0 Å². The van der Waals surface area contributed by atoms with Crippen LogP contribution in [0.2, 0.25) is 0 Å². The van der Waals surface area contributed by atoms with E-state index in [0.717, 1.165) is 4.90 Å². The highest BCUT2D eigenvalue weighted by Gasteiger charge is 2.26. The molecule has 168 valence electrons. The smallest absolute Gasteiger partial charge is 0.339 e. The summed E-state index contributed by atoms with van der Waals surface area (Å²) in [5, 5.41) is 0. The Hall–Kier alpha value is -3.47. The van der Waals surface area contributed by atoms with Gasteiger partial charge in [0.1, 0.15) is 11.5 Å². The average molecular weight is 433 g/mol. The maximum Gasteiger partial charge on any atom is 0.339 e. The molecule has 2 heterocycles. The maximum absolute atomic E-state index is 13.3. The number of hydrogen-bond acceptors (Lipinski definition) is 8. The molecule has 0 bridgehead atoms. The summed E-state index contributed by atoms with van der Waals surface area (Å²) in [6.07, 6.45) is 0.595. The van der Waals surface area contributed by atoms with Crippen LogP contribution in [0.5, 0.6) is 0 Å². The van der Waals surface area contributed by atoms with E-state index in [4.69, 9.17) is 15.2 Å². The number of aromatic amines is 1. The molecule has 2 aromatic rings. The first-order chi connectivity index (χ1) is 14.8. The van der Waals surface area contributed by atoms with Crippen molar-refractivity contribution in [2.45, 2.75) is 33.7 Å². The molecular weight excluding hydrogens is 406 g/mol. The minimum absolute atomic E-state index is 0.00584. The lowest BCUT2D eigenvalue weighted by molar-refractivity contribution is 0.0524. The van der Waals surface area contributed by atoms with Crippen molar-refractivity contribution in [2.75, 3.05) is 37.5 Å². The minimum Gasteiger partial charge on any atom is -0.462 e. The van der Waals surface area contributed by atoms with Gasteiger partial charge < -0.3 is 15.2 Å². The summed E-state index contributed by atoms with van der Waals surface area (Å²) < 4.78 is 11.2. The number of esters is 1. The first-order valence-corrected chi connectivity index (χ1v) is 9.84. The Labute approximate surface area is 178 Å². The van der Waals surface area contributed by atoms with Crippen LogP contribution in [0.1, 0.15) is 46.8 Å². The Bertz CT molecular complexity index is 1070. The normalized spacial score (nSPS) is 10.7. The van der Waals surface area contributed by atoms with Gasteiger partial charge in [-0.1, -0.05) is 6.92 Å². The van der Waals surface area contributed by atoms with E-state index >= 15 is 0 Å². The zero-order valence-corrected chi connectivity index (χ0v) is 18.1. The number of pyridine rings is 1. The summed E-state index contributed by atoms with van der Waals surface area (Å²) >= 11 is 0. The predicted molar refractivity (Wildman–Crippen MR) is 115 cm³/mol. The molecule has 0 saturated heterocycles. The third-order valence-corrected chi connectivity index (χ3v) is 4.50. The van der Waals surface area contributed by atoms with Crippen molar-refractivity contribution >= 4 is 23.4 Å². The molecule has 0 aromatic carbocycles. The van der Waals surface area contributed by atoms with E-state index in [0.29, 0.717) is 12.1 Å². The van der Waals surface area contributed by atoms with Gasteiger partial charge in [-0.2, -0.15) is 0 Å². The minimum atomic E-state index is -0.792. The molecule has 31 heavy (non-hydrogen) atoms. The van der Waals surface area contributed by atoms with E-state index in [2.05, 4.69) is 9.97 Å². The van der Waals surface area contributed by atoms with Crippen LogP contribution in [-0.4, -0.2) is 53.3 Å². The van der Waals surface area contributed by atoms with Crippen molar-refractivity contribution in [2.24, 2.45) is 0 Å². The van der Waals surface area contributed by atoms with Crippen LogP contribution in [0.4, 0.5) is 11.5 Å². The van der Waals surface area contributed by atoms with Crippen molar-refractivity contribution < 1.29 is 19.1 Å². The highest BCUT2D eigenvalue weighted by atomic mass is 16.5. The Morgan fingerprint density at radius 1 is 1.26 bits per heavy atom. The summed E-state index contributed by atoms with van der Waals surface area (Å²) in [7, 11) is 1.45. The Morgan fingerprint density at radius 2 is 1.97 bits per heavy atom. The van der Waals surface area contributed by atoms with Gasteiger partial charge in [-0.05, 0) is 32.4 Å². The van der Waals surface area contributed by atoms with E-state index in [9.17, 15) is 19.2 Å². The number of aryl methyl sites for hydroxylation is 1. The molecule has 3 N–H and O–H groups in total. The largest absolute Gasteiger partial charge is 0.462 e. The van der Waals surface area contributed by atoms with Crippen molar-refractivity contribution in [1.82, 2.24) is 14.5 Å². The third-order valence-electron chi connectivity index (χ3n) is 4.50. The molecule has 0 unspecified atom stereocenters. The van der Waals surface area contributed by atoms with E-state index < -0.39 is 23.1 Å². The van der Waals surface area contributed by atoms with Gasteiger partial charge in [-0.25, -0.2) is 14.6 Å². The summed E-state index contributed by atoms with van der Waals surface area (Å²) in [5.74, 6) is -1.30. The fraction of sp³-hybridized carbons (Fsp3) is 0.450. The zero-order chi connectivity index (χ0) is 23.1. The molecule has 11 heteroatoms. The lowest BCUT2D eigenvalue weighted by atomic mass is 10.1. The molecule has 2 rings (SSSR count). The molecule has 0 radical (unpaired) electrons. The van der Waals surface area contributed by atoms with Gasteiger partial charge in [-0.3, -0.25) is 24.0 Å². The first kappa shape index (κ1) is 23.8. The predicted octanol–water partition coefficient (Wildman–Crippen LogP) is 0.702. The number of carbonyl (C=O) groups is 2. The molecule has 0 aliphatic heterocycles. The number of nitrogens with zero attached hydrogens (tertiary/aromatic N) is 3. The van der Waals surface area contributed by atoms with E-state index in [-0.39, 0.29) is 49.1 Å². The lowest BCUT2D eigenvalue weighted by Crippen LogP contribution is -2.42. The SMILES string of the molecule is CCCn1c(N)c(N(CCOC)C(=O)c2ccc(C(=O)OCC)c(C)n2)c(=O)[nH]c1=O. The van der Waals surface area contributed by atoms with Crippen LogP contribution < -0.4 is 21.9 Å². The Kier molecular flexibility index (Phi) is 8.08. The Balaban J connectivity index is 2.56. The maximum atomic E-state index is 13.3. The summed E-state index contributed by atoms with van der Waals surface area (Å²) in [5.41, 5.74) is 5.03. The van der Waals surface area contributed by atoms with Gasteiger partial charge in [0.2, 0.25) is 0 Å². The molecule has 0 aliphatic rings. The highest BCUT2D eigenvalue weighted by molar-refractivity contribution is 6.06. The standard InChI is InChI=1S/C20H27N5O6/c1-5-9-25-16(21)15(17(26)23-20(25)29)24(10-11-30-4)18(27)14-8-7-13(12(3)22-14)19(28)31-6-2/h7-8H,5-6,9-11,21H2,1-4H3,(H,23,26,29). The van der Waals surface area contributed by atoms with Gasteiger partial charge >= 0.3 is 11.7 Å². The number of nitrogens with one attached hydrogen (secondary N) is 1. The van der Waals surface area contributed by atoms with Crippen LogP contribution in [0, 0.1) is 6.92 Å². The number of nitrogen functional groups attached to an aromatic ring is 1. The number of aromatic nitrogens is 3. The molecule has 0 atom stereocenters.